The molecule has 15 heavy (non-hydrogen) atoms. The Balaban J connectivity index is 2.37. The predicted octanol–water partition coefficient (Wildman–Crippen LogP) is 3.15. The summed E-state index contributed by atoms with van der Waals surface area (Å²) >= 11 is 3.39. The number of rotatable bonds is 2. The first-order valence-corrected chi connectivity index (χ1v) is 5.62. The van der Waals surface area contributed by atoms with E-state index in [-0.39, 0.29) is 0 Å². The molecule has 3 nitrogen and oxygen atoms in total. The van der Waals surface area contributed by atoms with Crippen LogP contribution in [-0.2, 0) is 0 Å². The van der Waals surface area contributed by atoms with E-state index < -0.39 is 0 Å². The molecule has 0 atom stereocenters. The lowest BCUT2D eigenvalue weighted by Crippen LogP contribution is -1.97. The molecule has 4 heteroatoms. The van der Waals surface area contributed by atoms with Crippen molar-refractivity contribution in [3.05, 3.63) is 40.9 Å². The van der Waals surface area contributed by atoms with E-state index in [0.29, 0.717) is 5.92 Å². The Bertz CT molecular complexity index is 462. The topological polar surface area (TPSA) is 30.7 Å². The zero-order valence-electron chi connectivity index (χ0n) is 8.68. The Morgan fingerprint density at radius 2 is 2.13 bits per heavy atom. The van der Waals surface area contributed by atoms with E-state index in [2.05, 4.69) is 39.9 Å². The van der Waals surface area contributed by atoms with Gasteiger partial charge in [0.25, 0.3) is 0 Å². The van der Waals surface area contributed by atoms with Gasteiger partial charge in [0.15, 0.2) is 0 Å². The molecule has 0 radical (unpaired) electrons. The largest absolute Gasteiger partial charge is 0.261 e. The highest BCUT2D eigenvalue weighted by atomic mass is 79.9. The second kappa shape index (κ2) is 4.14. The minimum absolute atomic E-state index is 0.450. The van der Waals surface area contributed by atoms with Gasteiger partial charge in [-0.3, -0.25) is 4.98 Å². The number of pyridine rings is 1. The molecule has 0 amide bonds. The third kappa shape index (κ3) is 2.26. The lowest BCUT2D eigenvalue weighted by Gasteiger charge is -2.01. The third-order valence-electron chi connectivity index (χ3n) is 2.16. The number of aromatic nitrogens is 3. The van der Waals surface area contributed by atoms with Crippen LogP contribution >= 0.6 is 15.9 Å². The van der Waals surface area contributed by atoms with Crippen LogP contribution in [0.4, 0.5) is 0 Å². The van der Waals surface area contributed by atoms with Gasteiger partial charge in [-0.1, -0.05) is 13.8 Å². The molecule has 0 unspecified atom stereocenters. The molecule has 2 aromatic rings. The van der Waals surface area contributed by atoms with Crippen LogP contribution in [-0.4, -0.2) is 14.8 Å². The van der Waals surface area contributed by atoms with E-state index >= 15 is 0 Å². The van der Waals surface area contributed by atoms with Crippen molar-refractivity contribution in [2.24, 2.45) is 0 Å². The smallest absolute Gasteiger partial charge is 0.0840 e. The molecule has 0 saturated carbocycles. The second-order valence-electron chi connectivity index (χ2n) is 3.70. The molecule has 0 aliphatic rings. The highest BCUT2D eigenvalue weighted by Crippen LogP contribution is 2.16. The number of hydrogen-bond donors (Lipinski definition) is 0. The van der Waals surface area contributed by atoms with Crippen LogP contribution in [0.2, 0.25) is 0 Å². The Hall–Kier alpha value is -1.16. The van der Waals surface area contributed by atoms with E-state index in [1.165, 1.54) is 0 Å². The normalized spacial score (nSPS) is 10.9. The lowest BCUT2D eigenvalue weighted by molar-refractivity contribution is 0.766. The van der Waals surface area contributed by atoms with Crippen molar-refractivity contribution in [2.45, 2.75) is 19.8 Å². The van der Waals surface area contributed by atoms with E-state index in [4.69, 9.17) is 0 Å². The van der Waals surface area contributed by atoms with E-state index in [9.17, 15) is 0 Å². The quantitative estimate of drug-likeness (QED) is 0.835. The van der Waals surface area contributed by atoms with Gasteiger partial charge >= 0.3 is 0 Å². The molecule has 2 aromatic heterocycles. The number of nitrogens with zero attached hydrogens (tertiary/aromatic N) is 3. The summed E-state index contributed by atoms with van der Waals surface area (Å²) < 4.78 is 2.80. The molecule has 2 rings (SSSR count). The predicted molar refractivity (Wildman–Crippen MR) is 63.1 cm³/mol. The van der Waals surface area contributed by atoms with E-state index in [1.54, 1.807) is 12.4 Å². The van der Waals surface area contributed by atoms with Gasteiger partial charge in [-0.15, -0.1) is 0 Å². The summed E-state index contributed by atoms with van der Waals surface area (Å²) in [5.74, 6) is 0.450. The Morgan fingerprint density at radius 1 is 1.33 bits per heavy atom. The van der Waals surface area contributed by atoms with Crippen LogP contribution in [0.5, 0.6) is 0 Å². The van der Waals surface area contributed by atoms with Crippen molar-refractivity contribution in [3.8, 4) is 5.69 Å². The van der Waals surface area contributed by atoms with Gasteiger partial charge in [0.2, 0.25) is 0 Å². The molecular formula is C11H12BrN3. The highest BCUT2D eigenvalue weighted by molar-refractivity contribution is 9.10. The van der Waals surface area contributed by atoms with Gasteiger partial charge < -0.3 is 0 Å². The van der Waals surface area contributed by atoms with Crippen LogP contribution in [0, 0.1) is 0 Å². The van der Waals surface area contributed by atoms with Crippen molar-refractivity contribution < 1.29 is 0 Å². The standard InChI is InChI=1S/C11H12BrN3/c1-8(2)11-3-4-15(14-11)10-5-9(12)6-13-7-10/h3-8H,1-2H3. The summed E-state index contributed by atoms with van der Waals surface area (Å²) in [5, 5.41) is 4.48. The van der Waals surface area contributed by atoms with Crippen molar-refractivity contribution in [1.29, 1.82) is 0 Å². The maximum absolute atomic E-state index is 4.48. The second-order valence-corrected chi connectivity index (χ2v) is 4.62. The minimum atomic E-state index is 0.450. The summed E-state index contributed by atoms with van der Waals surface area (Å²) in [6, 6.07) is 4.02. The minimum Gasteiger partial charge on any atom is -0.261 e. The Morgan fingerprint density at radius 3 is 2.73 bits per heavy atom. The van der Waals surface area contributed by atoms with Gasteiger partial charge in [-0.2, -0.15) is 5.10 Å². The molecular weight excluding hydrogens is 254 g/mol. The van der Waals surface area contributed by atoms with Crippen LogP contribution in [0.15, 0.2) is 35.2 Å². The van der Waals surface area contributed by atoms with Crippen LogP contribution in [0.3, 0.4) is 0 Å². The molecule has 0 bridgehead atoms. The Labute approximate surface area is 97.3 Å². The van der Waals surface area contributed by atoms with Crippen molar-refractivity contribution in [3.63, 3.8) is 0 Å². The third-order valence-corrected chi connectivity index (χ3v) is 2.59. The molecule has 0 N–H and O–H groups in total. The van der Waals surface area contributed by atoms with Gasteiger partial charge in [0.05, 0.1) is 17.6 Å². The molecule has 0 aromatic carbocycles. The number of halogens is 1. The van der Waals surface area contributed by atoms with E-state index in [0.717, 1.165) is 15.9 Å². The SMILES string of the molecule is CC(C)c1ccn(-c2cncc(Br)c2)n1. The maximum atomic E-state index is 4.48. The van der Waals surface area contributed by atoms with Crippen molar-refractivity contribution in [1.82, 2.24) is 14.8 Å². The highest BCUT2D eigenvalue weighted by Gasteiger charge is 2.04. The van der Waals surface area contributed by atoms with Crippen LogP contribution in [0.25, 0.3) is 5.69 Å². The zero-order valence-corrected chi connectivity index (χ0v) is 10.3. The molecule has 0 aliphatic heterocycles. The monoisotopic (exact) mass is 265 g/mol. The van der Waals surface area contributed by atoms with Gasteiger partial charge in [-0.05, 0) is 34.0 Å². The zero-order chi connectivity index (χ0) is 10.8. The van der Waals surface area contributed by atoms with Crippen LogP contribution < -0.4 is 0 Å². The molecule has 0 fully saturated rings. The van der Waals surface area contributed by atoms with Crippen molar-refractivity contribution >= 4 is 15.9 Å². The number of hydrogen-bond acceptors (Lipinski definition) is 2. The Kier molecular flexibility index (Phi) is 2.86. The molecule has 2 heterocycles. The molecule has 0 spiro atoms. The molecule has 0 saturated heterocycles. The fraction of sp³-hybridized carbons (Fsp3) is 0.273. The van der Waals surface area contributed by atoms with Crippen molar-refractivity contribution in [2.75, 3.05) is 0 Å². The van der Waals surface area contributed by atoms with Gasteiger partial charge in [-0.25, -0.2) is 4.68 Å². The summed E-state index contributed by atoms with van der Waals surface area (Å²) in [4.78, 5) is 4.11. The first kappa shape index (κ1) is 10.4. The summed E-state index contributed by atoms with van der Waals surface area (Å²) in [6.07, 6.45) is 5.51. The summed E-state index contributed by atoms with van der Waals surface area (Å²) in [7, 11) is 0. The molecule has 78 valence electrons. The fourth-order valence-corrected chi connectivity index (χ4v) is 1.67. The average Bonchev–Trinajstić information content (AvgIpc) is 2.66. The first-order valence-electron chi connectivity index (χ1n) is 4.83. The van der Waals surface area contributed by atoms with E-state index in [1.807, 2.05) is 23.0 Å². The summed E-state index contributed by atoms with van der Waals surface area (Å²) in [5.41, 5.74) is 2.06. The fourth-order valence-electron chi connectivity index (χ4n) is 1.32. The van der Waals surface area contributed by atoms with Crippen LogP contribution in [0.1, 0.15) is 25.5 Å². The van der Waals surface area contributed by atoms with Gasteiger partial charge in [0, 0.05) is 16.9 Å². The first-order chi connectivity index (χ1) is 7.16. The summed E-state index contributed by atoms with van der Waals surface area (Å²) in [6.45, 7) is 4.26. The maximum Gasteiger partial charge on any atom is 0.0840 e. The average molecular weight is 266 g/mol. The molecule has 0 aliphatic carbocycles. The lowest BCUT2D eigenvalue weighted by atomic mass is 10.1. The van der Waals surface area contributed by atoms with Gasteiger partial charge in [0.1, 0.15) is 0 Å².